The second-order valence-electron chi connectivity index (χ2n) is 9.99. The van der Waals surface area contributed by atoms with E-state index in [1.54, 1.807) is 17.0 Å². The lowest BCUT2D eigenvalue weighted by Gasteiger charge is -2.34. The van der Waals surface area contributed by atoms with Gasteiger partial charge in [-0.1, -0.05) is 48.9 Å². The van der Waals surface area contributed by atoms with Crippen molar-refractivity contribution in [1.29, 1.82) is 0 Å². The number of carbonyl (C=O) groups excluding carboxylic acids is 2. The van der Waals surface area contributed by atoms with Crippen molar-refractivity contribution in [2.45, 2.75) is 31.7 Å². The molecule has 0 N–H and O–H groups in total. The average Bonchev–Trinajstić information content (AvgIpc) is 3.37. The molecule has 8 heteroatoms. The van der Waals surface area contributed by atoms with Crippen molar-refractivity contribution in [1.82, 2.24) is 14.8 Å². The maximum absolute atomic E-state index is 13.8. The molecule has 3 aliphatic rings. The standard InChI is InChI=1S/C29H36N4O4/c1-36-25-12-6-11-24(19-25)26-20-27(22-7-3-2-4-8-22)33(30-26)28(34)21-32(29(35)23-9-5-10-23)14-13-31-15-17-37-18-16-31/h2-4,6-8,11-12,19,23,27H,5,9-10,13-18,20-21H2,1H3. The number of hydrogen-bond acceptors (Lipinski definition) is 6. The molecule has 2 fully saturated rings. The highest BCUT2D eigenvalue weighted by Gasteiger charge is 2.36. The number of carbonyl (C=O) groups is 2. The van der Waals surface area contributed by atoms with E-state index in [0.717, 1.165) is 61.5 Å². The molecule has 196 valence electrons. The molecule has 2 heterocycles. The third-order valence-electron chi connectivity index (χ3n) is 7.64. The lowest BCUT2D eigenvalue weighted by Crippen LogP contribution is -2.49. The predicted molar refractivity (Wildman–Crippen MR) is 141 cm³/mol. The molecule has 37 heavy (non-hydrogen) atoms. The molecular formula is C29H36N4O4. The Balaban J connectivity index is 1.36. The fourth-order valence-corrected chi connectivity index (χ4v) is 5.16. The van der Waals surface area contributed by atoms with Crippen molar-refractivity contribution in [2.75, 3.05) is 53.0 Å². The lowest BCUT2D eigenvalue weighted by atomic mass is 9.84. The van der Waals surface area contributed by atoms with Crippen molar-refractivity contribution < 1.29 is 19.1 Å². The third kappa shape index (κ3) is 6.02. The summed E-state index contributed by atoms with van der Waals surface area (Å²) in [6, 6.07) is 17.6. The van der Waals surface area contributed by atoms with E-state index in [-0.39, 0.29) is 30.3 Å². The molecule has 1 atom stereocenters. The summed E-state index contributed by atoms with van der Waals surface area (Å²) in [7, 11) is 1.64. The minimum atomic E-state index is -0.213. The Hall–Kier alpha value is -3.23. The molecule has 0 radical (unpaired) electrons. The van der Waals surface area contributed by atoms with Crippen LogP contribution in [0.25, 0.3) is 0 Å². The summed E-state index contributed by atoms with van der Waals surface area (Å²) in [6.45, 7) is 4.46. The number of methoxy groups -OCH3 is 1. The minimum absolute atomic E-state index is 0.0387. The van der Waals surface area contributed by atoms with Gasteiger partial charge in [-0.15, -0.1) is 0 Å². The SMILES string of the molecule is COc1cccc(C2=NN(C(=O)CN(CCN3CCOCC3)C(=O)C3CCC3)C(c3ccccc3)C2)c1. The molecule has 1 aliphatic carbocycles. The molecule has 1 unspecified atom stereocenters. The Kier molecular flexibility index (Phi) is 8.16. The number of hydrazone groups is 1. The Labute approximate surface area is 218 Å². The zero-order valence-corrected chi connectivity index (χ0v) is 21.6. The molecule has 5 rings (SSSR count). The minimum Gasteiger partial charge on any atom is -0.497 e. The molecule has 0 aromatic heterocycles. The quantitative estimate of drug-likeness (QED) is 0.524. The number of nitrogens with zero attached hydrogens (tertiary/aromatic N) is 4. The first-order valence-corrected chi connectivity index (χ1v) is 13.3. The van der Waals surface area contributed by atoms with Crippen LogP contribution >= 0.6 is 0 Å². The van der Waals surface area contributed by atoms with E-state index in [9.17, 15) is 9.59 Å². The van der Waals surface area contributed by atoms with Crippen LogP contribution in [0.3, 0.4) is 0 Å². The zero-order chi connectivity index (χ0) is 25.6. The summed E-state index contributed by atoms with van der Waals surface area (Å²) in [4.78, 5) is 31.2. The van der Waals surface area contributed by atoms with Gasteiger partial charge in [0, 0.05) is 44.1 Å². The molecule has 1 saturated carbocycles. The highest BCUT2D eigenvalue weighted by molar-refractivity contribution is 6.03. The van der Waals surface area contributed by atoms with Gasteiger partial charge in [0.25, 0.3) is 5.91 Å². The molecule has 2 aromatic rings. The summed E-state index contributed by atoms with van der Waals surface area (Å²) < 4.78 is 10.9. The molecule has 2 aromatic carbocycles. The number of benzene rings is 2. The average molecular weight is 505 g/mol. The van der Waals surface area contributed by atoms with Crippen molar-refractivity contribution in [3.8, 4) is 5.75 Å². The normalized spacial score (nSPS) is 20.3. The highest BCUT2D eigenvalue weighted by atomic mass is 16.5. The van der Waals surface area contributed by atoms with Gasteiger partial charge in [0.2, 0.25) is 5.91 Å². The maximum atomic E-state index is 13.8. The van der Waals surface area contributed by atoms with Crippen LogP contribution in [-0.4, -0.2) is 85.4 Å². The molecule has 8 nitrogen and oxygen atoms in total. The highest BCUT2D eigenvalue weighted by Crippen LogP contribution is 2.34. The van der Waals surface area contributed by atoms with Gasteiger partial charge in [-0.2, -0.15) is 5.10 Å². The Morgan fingerprint density at radius 2 is 1.86 bits per heavy atom. The fourth-order valence-electron chi connectivity index (χ4n) is 5.16. The van der Waals surface area contributed by atoms with Crippen LogP contribution < -0.4 is 4.74 Å². The van der Waals surface area contributed by atoms with Crippen LogP contribution in [0.1, 0.15) is 42.9 Å². The summed E-state index contributed by atoms with van der Waals surface area (Å²) in [5.74, 6) is 0.736. The number of morpholine rings is 1. The van der Waals surface area contributed by atoms with Crippen LogP contribution in [0, 0.1) is 5.92 Å². The van der Waals surface area contributed by atoms with Gasteiger partial charge in [0.15, 0.2) is 0 Å². The van der Waals surface area contributed by atoms with E-state index in [2.05, 4.69) is 4.90 Å². The number of rotatable bonds is 9. The first-order valence-electron chi connectivity index (χ1n) is 13.3. The second-order valence-corrected chi connectivity index (χ2v) is 9.99. The van der Waals surface area contributed by atoms with Crippen molar-refractivity contribution in [3.05, 3.63) is 65.7 Å². The smallest absolute Gasteiger partial charge is 0.262 e. The van der Waals surface area contributed by atoms with Gasteiger partial charge < -0.3 is 14.4 Å². The summed E-state index contributed by atoms with van der Waals surface area (Å²) in [5, 5.41) is 6.41. The van der Waals surface area contributed by atoms with Gasteiger partial charge in [-0.3, -0.25) is 14.5 Å². The van der Waals surface area contributed by atoms with Gasteiger partial charge >= 0.3 is 0 Å². The molecule has 0 spiro atoms. The van der Waals surface area contributed by atoms with Crippen LogP contribution in [0.4, 0.5) is 0 Å². The molecular weight excluding hydrogens is 468 g/mol. The monoisotopic (exact) mass is 504 g/mol. The topological polar surface area (TPSA) is 74.7 Å². The zero-order valence-electron chi connectivity index (χ0n) is 21.6. The summed E-state index contributed by atoms with van der Waals surface area (Å²) >= 11 is 0. The first-order chi connectivity index (χ1) is 18.1. The number of amides is 2. The molecule has 2 amide bonds. The van der Waals surface area contributed by atoms with Gasteiger partial charge in [0.05, 0.1) is 32.1 Å². The summed E-state index contributed by atoms with van der Waals surface area (Å²) in [6.07, 6.45) is 3.51. The molecule has 1 saturated heterocycles. The van der Waals surface area contributed by atoms with E-state index in [4.69, 9.17) is 14.6 Å². The Morgan fingerprint density at radius 3 is 2.57 bits per heavy atom. The summed E-state index contributed by atoms with van der Waals surface area (Å²) in [5.41, 5.74) is 2.80. The van der Waals surface area contributed by atoms with Gasteiger partial charge in [0.1, 0.15) is 12.3 Å². The lowest BCUT2D eigenvalue weighted by molar-refractivity contribution is -0.145. The molecule has 0 bridgehead atoms. The fraction of sp³-hybridized carbons (Fsp3) is 0.483. The number of hydrogen-bond donors (Lipinski definition) is 0. The van der Waals surface area contributed by atoms with E-state index >= 15 is 0 Å². The van der Waals surface area contributed by atoms with Crippen molar-refractivity contribution in [3.63, 3.8) is 0 Å². The van der Waals surface area contributed by atoms with Crippen LogP contribution in [-0.2, 0) is 14.3 Å². The maximum Gasteiger partial charge on any atom is 0.262 e. The van der Waals surface area contributed by atoms with Crippen LogP contribution in [0.2, 0.25) is 0 Å². The molecule has 2 aliphatic heterocycles. The van der Waals surface area contributed by atoms with Crippen LogP contribution in [0.5, 0.6) is 5.75 Å². The number of ether oxygens (including phenoxy) is 2. The largest absolute Gasteiger partial charge is 0.497 e. The van der Waals surface area contributed by atoms with Crippen molar-refractivity contribution >= 4 is 17.5 Å². The Bertz CT molecular complexity index is 1110. The van der Waals surface area contributed by atoms with Crippen LogP contribution in [0.15, 0.2) is 59.7 Å². The Morgan fingerprint density at radius 1 is 1.08 bits per heavy atom. The van der Waals surface area contributed by atoms with E-state index in [1.807, 2.05) is 54.6 Å². The predicted octanol–water partition coefficient (Wildman–Crippen LogP) is 3.33. The second kappa shape index (κ2) is 11.9. The van der Waals surface area contributed by atoms with E-state index < -0.39 is 0 Å². The van der Waals surface area contributed by atoms with E-state index in [1.165, 1.54) is 0 Å². The third-order valence-corrected chi connectivity index (χ3v) is 7.64. The first kappa shape index (κ1) is 25.4. The van der Waals surface area contributed by atoms with Gasteiger partial charge in [-0.05, 0) is 30.5 Å². The van der Waals surface area contributed by atoms with Gasteiger partial charge in [-0.25, -0.2) is 5.01 Å². The van der Waals surface area contributed by atoms with Crippen molar-refractivity contribution in [2.24, 2.45) is 11.0 Å². The van der Waals surface area contributed by atoms with E-state index in [0.29, 0.717) is 26.2 Å².